The first-order valence-electron chi connectivity index (χ1n) is 4.46. The van der Waals surface area contributed by atoms with Gasteiger partial charge in [-0.2, -0.15) is 13.2 Å². The van der Waals surface area contributed by atoms with Crippen molar-refractivity contribution in [2.45, 2.75) is 32.5 Å². The average Bonchev–Trinajstić information content (AvgIpc) is 1.97. The Morgan fingerprint density at radius 3 is 2.38 bits per heavy atom. The maximum Gasteiger partial charge on any atom is 0.401 e. The quantitative estimate of drug-likeness (QED) is 0.632. The second-order valence-electron chi connectivity index (χ2n) is 3.04. The van der Waals surface area contributed by atoms with Crippen LogP contribution in [0.5, 0.6) is 0 Å². The van der Waals surface area contributed by atoms with Crippen LogP contribution < -0.4 is 10.6 Å². The smallest absolute Gasteiger partial charge is 0.314 e. The highest BCUT2D eigenvalue weighted by Gasteiger charge is 2.25. The molecule has 0 aliphatic carbocycles. The fraction of sp³-hybridized carbons (Fsp3) is 1.00. The van der Waals surface area contributed by atoms with E-state index in [2.05, 4.69) is 10.6 Å². The number of halogens is 3. The summed E-state index contributed by atoms with van der Waals surface area (Å²) >= 11 is 0. The Bertz CT molecular complexity index is 125. The summed E-state index contributed by atoms with van der Waals surface area (Å²) in [6.07, 6.45) is -3.38. The highest BCUT2D eigenvalue weighted by molar-refractivity contribution is 4.62. The molecule has 0 bridgehead atoms. The molecule has 13 heavy (non-hydrogen) atoms. The van der Waals surface area contributed by atoms with Crippen LogP contribution in [0.4, 0.5) is 13.2 Å². The van der Waals surface area contributed by atoms with Crippen LogP contribution in [0.25, 0.3) is 0 Å². The fourth-order valence-corrected chi connectivity index (χ4v) is 0.999. The van der Waals surface area contributed by atoms with Crippen molar-refractivity contribution in [2.24, 2.45) is 0 Å². The van der Waals surface area contributed by atoms with Crippen LogP contribution >= 0.6 is 0 Å². The third-order valence-electron chi connectivity index (χ3n) is 1.63. The van der Waals surface area contributed by atoms with Gasteiger partial charge in [0.25, 0.3) is 0 Å². The maximum atomic E-state index is 11.7. The van der Waals surface area contributed by atoms with Gasteiger partial charge < -0.3 is 10.6 Å². The van der Waals surface area contributed by atoms with Gasteiger partial charge >= 0.3 is 6.18 Å². The molecule has 0 fully saturated rings. The first-order valence-corrected chi connectivity index (χ1v) is 4.46. The topological polar surface area (TPSA) is 24.1 Å². The zero-order valence-corrected chi connectivity index (χ0v) is 8.04. The van der Waals surface area contributed by atoms with Crippen molar-refractivity contribution >= 4 is 0 Å². The predicted octanol–water partition coefficient (Wildman–Crippen LogP) is 1.53. The van der Waals surface area contributed by atoms with Crippen LogP contribution in [0.3, 0.4) is 0 Å². The van der Waals surface area contributed by atoms with Gasteiger partial charge in [0.05, 0.1) is 6.54 Å². The SMILES string of the molecule is CCNC(C)CCNCC(F)(F)F. The average molecular weight is 198 g/mol. The molecule has 0 aromatic rings. The summed E-state index contributed by atoms with van der Waals surface area (Å²) in [7, 11) is 0. The van der Waals surface area contributed by atoms with E-state index in [1.807, 2.05) is 13.8 Å². The van der Waals surface area contributed by atoms with Crippen molar-refractivity contribution in [3.05, 3.63) is 0 Å². The minimum Gasteiger partial charge on any atom is -0.314 e. The van der Waals surface area contributed by atoms with Crippen molar-refractivity contribution in [1.29, 1.82) is 0 Å². The third-order valence-corrected chi connectivity index (χ3v) is 1.63. The lowest BCUT2D eigenvalue weighted by Gasteiger charge is -2.13. The summed E-state index contributed by atoms with van der Waals surface area (Å²) in [5.41, 5.74) is 0. The van der Waals surface area contributed by atoms with E-state index in [9.17, 15) is 13.2 Å². The molecule has 0 aliphatic heterocycles. The first-order chi connectivity index (χ1) is 5.95. The van der Waals surface area contributed by atoms with Crippen molar-refractivity contribution in [3.8, 4) is 0 Å². The van der Waals surface area contributed by atoms with E-state index in [-0.39, 0.29) is 6.04 Å². The highest BCUT2D eigenvalue weighted by atomic mass is 19.4. The summed E-state index contributed by atoms with van der Waals surface area (Å²) in [4.78, 5) is 0. The Hall–Kier alpha value is -0.290. The molecule has 0 heterocycles. The van der Waals surface area contributed by atoms with Crippen LogP contribution in [-0.4, -0.2) is 31.9 Å². The summed E-state index contributed by atoms with van der Waals surface area (Å²) in [5.74, 6) is 0. The number of hydrogen-bond acceptors (Lipinski definition) is 2. The summed E-state index contributed by atoms with van der Waals surface area (Å²) in [6.45, 7) is 4.28. The molecule has 0 saturated carbocycles. The molecule has 5 heteroatoms. The van der Waals surface area contributed by atoms with E-state index >= 15 is 0 Å². The molecule has 0 aromatic heterocycles. The zero-order chi connectivity index (χ0) is 10.3. The normalized spacial score (nSPS) is 14.5. The summed E-state index contributed by atoms with van der Waals surface area (Å²) < 4.78 is 35.0. The first kappa shape index (κ1) is 12.7. The van der Waals surface area contributed by atoms with Gasteiger partial charge in [-0.15, -0.1) is 0 Å². The standard InChI is InChI=1S/C8H17F3N2/c1-3-13-7(2)4-5-12-6-8(9,10)11/h7,12-13H,3-6H2,1-2H3. The lowest BCUT2D eigenvalue weighted by molar-refractivity contribution is -0.124. The van der Waals surface area contributed by atoms with Crippen LogP contribution in [0, 0.1) is 0 Å². The molecular formula is C8H17F3N2. The minimum absolute atomic E-state index is 0.269. The molecule has 2 N–H and O–H groups in total. The number of hydrogen-bond donors (Lipinski definition) is 2. The van der Waals surface area contributed by atoms with Crippen molar-refractivity contribution < 1.29 is 13.2 Å². The molecule has 0 aromatic carbocycles. The van der Waals surface area contributed by atoms with Crippen LogP contribution in [-0.2, 0) is 0 Å². The maximum absolute atomic E-state index is 11.7. The Morgan fingerprint density at radius 1 is 1.31 bits per heavy atom. The fourth-order valence-electron chi connectivity index (χ4n) is 0.999. The Labute approximate surface area is 76.9 Å². The Balaban J connectivity index is 3.25. The van der Waals surface area contributed by atoms with Gasteiger partial charge in [-0.3, -0.25) is 0 Å². The minimum atomic E-state index is -4.10. The van der Waals surface area contributed by atoms with Crippen molar-refractivity contribution in [3.63, 3.8) is 0 Å². The second kappa shape index (κ2) is 6.21. The van der Waals surface area contributed by atoms with E-state index in [1.165, 1.54) is 0 Å². The monoisotopic (exact) mass is 198 g/mol. The van der Waals surface area contributed by atoms with Gasteiger partial charge in [0.2, 0.25) is 0 Å². The summed E-state index contributed by atoms with van der Waals surface area (Å²) in [6, 6.07) is 0.269. The third kappa shape index (κ3) is 9.63. The van der Waals surface area contributed by atoms with Gasteiger partial charge in [-0.05, 0) is 26.4 Å². The zero-order valence-electron chi connectivity index (χ0n) is 8.04. The molecule has 1 unspecified atom stereocenters. The van der Waals surface area contributed by atoms with Gasteiger partial charge in [-0.1, -0.05) is 6.92 Å². The van der Waals surface area contributed by atoms with Crippen LogP contribution in [0.2, 0.25) is 0 Å². The number of nitrogens with one attached hydrogen (secondary N) is 2. The second-order valence-corrected chi connectivity index (χ2v) is 3.04. The van der Waals surface area contributed by atoms with Crippen LogP contribution in [0.15, 0.2) is 0 Å². The van der Waals surface area contributed by atoms with Gasteiger partial charge in [0.15, 0.2) is 0 Å². The lowest BCUT2D eigenvalue weighted by atomic mass is 10.2. The van der Waals surface area contributed by atoms with E-state index in [0.29, 0.717) is 13.0 Å². The van der Waals surface area contributed by atoms with Crippen LogP contribution in [0.1, 0.15) is 20.3 Å². The van der Waals surface area contributed by atoms with E-state index < -0.39 is 12.7 Å². The lowest BCUT2D eigenvalue weighted by Crippen LogP contribution is -2.34. The molecule has 1 atom stereocenters. The molecule has 0 amide bonds. The van der Waals surface area contributed by atoms with Gasteiger partial charge in [0, 0.05) is 6.04 Å². The van der Waals surface area contributed by atoms with E-state index in [0.717, 1.165) is 6.54 Å². The van der Waals surface area contributed by atoms with Crippen molar-refractivity contribution in [2.75, 3.05) is 19.6 Å². The molecule has 0 spiro atoms. The molecule has 0 aliphatic rings. The molecule has 0 saturated heterocycles. The Kier molecular flexibility index (Phi) is 6.07. The van der Waals surface area contributed by atoms with Gasteiger partial charge in [0.1, 0.15) is 0 Å². The van der Waals surface area contributed by atoms with E-state index in [4.69, 9.17) is 0 Å². The molecular weight excluding hydrogens is 181 g/mol. The molecule has 80 valence electrons. The highest BCUT2D eigenvalue weighted by Crippen LogP contribution is 2.11. The Morgan fingerprint density at radius 2 is 1.92 bits per heavy atom. The van der Waals surface area contributed by atoms with E-state index in [1.54, 1.807) is 0 Å². The van der Waals surface area contributed by atoms with Gasteiger partial charge in [-0.25, -0.2) is 0 Å². The largest absolute Gasteiger partial charge is 0.401 e. The molecule has 0 radical (unpaired) electrons. The number of alkyl halides is 3. The molecule has 0 rings (SSSR count). The number of rotatable bonds is 6. The predicted molar refractivity (Wildman–Crippen MR) is 46.7 cm³/mol. The molecule has 2 nitrogen and oxygen atoms in total. The van der Waals surface area contributed by atoms with Crippen molar-refractivity contribution in [1.82, 2.24) is 10.6 Å². The summed E-state index contributed by atoms with van der Waals surface area (Å²) in [5, 5.41) is 5.47.